The van der Waals surface area contributed by atoms with Crippen LogP contribution in [-0.4, -0.2) is 88.0 Å². The molecule has 2 aliphatic rings. The molecule has 0 spiro atoms. The average molecular weight is 367 g/mol. The van der Waals surface area contributed by atoms with Crippen molar-refractivity contribution in [1.82, 2.24) is 13.5 Å². The summed E-state index contributed by atoms with van der Waals surface area (Å²) >= 11 is 0. The van der Waals surface area contributed by atoms with Gasteiger partial charge in [-0.05, 0) is 19.3 Å². The molecule has 2 fully saturated rings. The molecule has 2 aliphatic heterocycles. The van der Waals surface area contributed by atoms with Crippen molar-refractivity contribution in [2.75, 3.05) is 51.8 Å². The maximum Gasteiger partial charge on any atom is 0.225 e. The van der Waals surface area contributed by atoms with Gasteiger partial charge in [0.2, 0.25) is 26.0 Å². The van der Waals surface area contributed by atoms with Gasteiger partial charge in [0.1, 0.15) is 0 Å². The lowest BCUT2D eigenvalue weighted by atomic mass is 9.96. The van der Waals surface area contributed by atoms with Crippen LogP contribution in [0.25, 0.3) is 0 Å². The molecular formula is C13H25N3O5S2. The Kier molecular flexibility index (Phi) is 5.70. The zero-order valence-electron chi connectivity index (χ0n) is 13.6. The van der Waals surface area contributed by atoms with Crippen molar-refractivity contribution in [1.29, 1.82) is 0 Å². The highest BCUT2D eigenvalue weighted by molar-refractivity contribution is 7.88. The normalized spacial score (nSPS) is 23.7. The molecule has 0 aliphatic carbocycles. The maximum atomic E-state index is 12.6. The quantitative estimate of drug-likeness (QED) is 0.648. The zero-order chi connectivity index (χ0) is 17.3. The van der Waals surface area contributed by atoms with E-state index >= 15 is 0 Å². The molecule has 0 atom stereocenters. The summed E-state index contributed by atoms with van der Waals surface area (Å²) in [4.78, 5) is 14.3. The first-order valence-electron chi connectivity index (χ1n) is 7.78. The van der Waals surface area contributed by atoms with Gasteiger partial charge in [-0.3, -0.25) is 4.79 Å². The van der Waals surface area contributed by atoms with E-state index < -0.39 is 20.0 Å². The monoisotopic (exact) mass is 367 g/mol. The smallest absolute Gasteiger partial charge is 0.225 e. The molecule has 2 rings (SSSR count). The first kappa shape index (κ1) is 18.6. The molecule has 0 radical (unpaired) electrons. The average Bonchev–Trinajstić information content (AvgIpc) is 2.71. The van der Waals surface area contributed by atoms with Gasteiger partial charge in [0.15, 0.2) is 0 Å². The van der Waals surface area contributed by atoms with Gasteiger partial charge in [0.05, 0.1) is 12.5 Å². The fourth-order valence-electron chi connectivity index (χ4n) is 3.14. The molecule has 134 valence electrons. The molecule has 0 unspecified atom stereocenters. The summed E-state index contributed by atoms with van der Waals surface area (Å²) in [5, 5.41) is 0. The van der Waals surface area contributed by atoms with Crippen molar-refractivity contribution in [3.05, 3.63) is 0 Å². The second-order valence-corrected chi connectivity index (χ2v) is 10.2. The van der Waals surface area contributed by atoms with Gasteiger partial charge in [0, 0.05) is 45.2 Å². The van der Waals surface area contributed by atoms with Gasteiger partial charge in [-0.15, -0.1) is 0 Å². The summed E-state index contributed by atoms with van der Waals surface area (Å²) in [6.07, 6.45) is 4.05. The van der Waals surface area contributed by atoms with Crippen LogP contribution in [0.2, 0.25) is 0 Å². The Labute approximate surface area is 138 Å². The summed E-state index contributed by atoms with van der Waals surface area (Å²) in [6, 6.07) is 0. The van der Waals surface area contributed by atoms with E-state index in [9.17, 15) is 21.6 Å². The zero-order valence-corrected chi connectivity index (χ0v) is 15.3. The van der Waals surface area contributed by atoms with Gasteiger partial charge in [-0.25, -0.2) is 25.4 Å². The number of amides is 1. The minimum Gasteiger partial charge on any atom is -0.341 e. The summed E-state index contributed by atoms with van der Waals surface area (Å²) in [7, 11) is -6.42. The SMILES string of the molecule is CS(=O)(=O)N1CCC(C(=O)N2CCCN(S(C)(=O)=O)CC2)CC1. The lowest BCUT2D eigenvalue weighted by Gasteiger charge is -2.32. The van der Waals surface area contributed by atoms with Gasteiger partial charge < -0.3 is 4.90 Å². The number of hydrogen-bond acceptors (Lipinski definition) is 5. The van der Waals surface area contributed by atoms with Gasteiger partial charge in [0.25, 0.3) is 0 Å². The molecule has 0 aromatic heterocycles. The third-order valence-corrected chi connectivity index (χ3v) is 7.11. The molecule has 8 nitrogen and oxygen atoms in total. The van der Waals surface area contributed by atoms with Crippen LogP contribution in [0.15, 0.2) is 0 Å². The molecular weight excluding hydrogens is 342 g/mol. The Morgan fingerprint density at radius 2 is 1.30 bits per heavy atom. The summed E-state index contributed by atoms with van der Waals surface area (Å²) in [5.74, 6) is -0.147. The van der Waals surface area contributed by atoms with Crippen molar-refractivity contribution in [2.24, 2.45) is 5.92 Å². The molecule has 0 aromatic rings. The molecule has 1 amide bonds. The van der Waals surface area contributed by atoms with E-state index in [1.54, 1.807) is 4.90 Å². The van der Waals surface area contributed by atoms with E-state index in [4.69, 9.17) is 0 Å². The number of hydrogen-bond donors (Lipinski definition) is 0. The van der Waals surface area contributed by atoms with Crippen molar-refractivity contribution in [3.8, 4) is 0 Å². The van der Waals surface area contributed by atoms with Crippen LogP contribution in [-0.2, 0) is 24.8 Å². The number of sulfonamides is 2. The Bertz CT molecular complexity index is 639. The molecule has 0 bridgehead atoms. The predicted molar refractivity (Wildman–Crippen MR) is 86.8 cm³/mol. The highest BCUT2D eigenvalue weighted by Crippen LogP contribution is 2.22. The minimum absolute atomic E-state index is 0.0218. The number of carbonyl (C=O) groups is 1. The van der Waals surface area contributed by atoms with E-state index in [1.807, 2.05) is 0 Å². The standard InChI is InChI=1S/C13H25N3O5S2/c1-22(18,19)15-7-3-6-14(10-11-15)13(17)12-4-8-16(9-5-12)23(2,20)21/h12H,3-11H2,1-2H3. The van der Waals surface area contributed by atoms with Crippen LogP contribution in [0.3, 0.4) is 0 Å². The van der Waals surface area contributed by atoms with E-state index in [0.29, 0.717) is 58.5 Å². The van der Waals surface area contributed by atoms with E-state index in [0.717, 1.165) is 0 Å². The molecule has 0 N–H and O–H groups in total. The fraction of sp³-hybridized carbons (Fsp3) is 0.923. The molecule has 0 saturated carbocycles. The fourth-order valence-corrected chi connectivity index (χ4v) is 4.89. The van der Waals surface area contributed by atoms with Crippen molar-refractivity contribution < 1.29 is 21.6 Å². The third-order valence-electron chi connectivity index (χ3n) is 4.51. The number of carbonyl (C=O) groups excluding carboxylic acids is 1. The Morgan fingerprint density at radius 3 is 1.83 bits per heavy atom. The van der Waals surface area contributed by atoms with Crippen LogP contribution >= 0.6 is 0 Å². The summed E-state index contributed by atoms with van der Waals surface area (Å²) < 4.78 is 49.0. The van der Waals surface area contributed by atoms with Gasteiger partial charge in [-0.2, -0.15) is 0 Å². The highest BCUT2D eigenvalue weighted by atomic mass is 32.2. The number of nitrogens with zero attached hydrogens (tertiary/aromatic N) is 3. The first-order valence-corrected chi connectivity index (χ1v) is 11.5. The van der Waals surface area contributed by atoms with E-state index in [1.165, 1.54) is 21.1 Å². The molecule has 0 aromatic carbocycles. The second kappa shape index (κ2) is 7.04. The number of piperidine rings is 1. The van der Waals surface area contributed by atoms with Crippen LogP contribution in [0.1, 0.15) is 19.3 Å². The van der Waals surface area contributed by atoms with Crippen LogP contribution < -0.4 is 0 Å². The Morgan fingerprint density at radius 1 is 0.783 bits per heavy atom. The molecule has 2 heterocycles. The van der Waals surface area contributed by atoms with Crippen LogP contribution in [0.4, 0.5) is 0 Å². The van der Waals surface area contributed by atoms with Crippen molar-refractivity contribution in [2.45, 2.75) is 19.3 Å². The third kappa shape index (κ3) is 4.88. The topological polar surface area (TPSA) is 95.1 Å². The molecule has 2 saturated heterocycles. The van der Waals surface area contributed by atoms with E-state index in [-0.39, 0.29) is 11.8 Å². The van der Waals surface area contributed by atoms with Gasteiger partial charge in [-0.1, -0.05) is 0 Å². The Balaban J connectivity index is 1.92. The van der Waals surface area contributed by atoms with Crippen LogP contribution in [0.5, 0.6) is 0 Å². The number of rotatable bonds is 3. The lowest BCUT2D eigenvalue weighted by molar-refractivity contribution is -0.136. The Hall–Kier alpha value is -0.710. The predicted octanol–water partition coefficient (Wildman–Crippen LogP) is -0.848. The largest absolute Gasteiger partial charge is 0.341 e. The second-order valence-electron chi connectivity index (χ2n) is 6.28. The highest BCUT2D eigenvalue weighted by Gasteiger charge is 2.32. The minimum atomic E-state index is -3.22. The first-order chi connectivity index (χ1) is 10.6. The summed E-state index contributed by atoms with van der Waals surface area (Å²) in [5.41, 5.74) is 0. The van der Waals surface area contributed by atoms with Crippen LogP contribution in [0, 0.1) is 5.92 Å². The lowest BCUT2D eigenvalue weighted by Crippen LogP contribution is -2.45. The van der Waals surface area contributed by atoms with Crippen molar-refractivity contribution in [3.63, 3.8) is 0 Å². The van der Waals surface area contributed by atoms with E-state index in [2.05, 4.69) is 0 Å². The van der Waals surface area contributed by atoms with Crippen molar-refractivity contribution >= 4 is 26.0 Å². The summed E-state index contributed by atoms with van der Waals surface area (Å²) in [6.45, 7) is 2.47. The van der Waals surface area contributed by atoms with Gasteiger partial charge >= 0.3 is 0 Å². The molecule has 23 heavy (non-hydrogen) atoms. The maximum absolute atomic E-state index is 12.6. The molecule has 10 heteroatoms.